The Bertz CT molecular complexity index is 1350. The molecule has 2 aliphatic carbocycles. The van der Waals surface area contributed by atoms with E-state index in [9.17, 15) is 0 Å². The summed E-state index contributed by atoms with van der Waals surface area (Å²) in [5.74, 6) is 0. The van der Waals surface area contributed by atoms with Crippen molar-refractivity contribution in [3.05, 3.63) is 112 Å². The van der Waals surface area contributed by atoms with E-state index < -0.39 is 0 Å². The van der Waals surface area contributed by atoms with Crippen LogP contribution in [0.3, 0.4) is 0 Å². The molecule has 4 aromatic carbocycles. The van der Waals surface area contributed by atoms with E-state index in [2.05, 4.69) is 99.6 Å². The van der Waals surface area contributed by atoms with Gasteiger partial charge in [-0.3, -0.25) is 0 Å². The molecule has 0 saturated carbocycles. The number of fused-ring (bicyclic) bond motifs is 6. The summed E-state index contributed by atoms with van der Waals surface area (Å²) in [7, 11) is 0. The van der Waals surface area contributed by atoms with Crippen molar-refractivity contribution < 1.29 is 0 Å². The van der Waals surface area contributed by atoms with E-state index >= 15 is 0 Å². The van der Waals surface area contributed by atoms with Gasteiger partial charge in [0.2, 0.25) is 0 Å². The van der Waals surface area contributed by atoms with Crippen molar-refractivity contribution in [2.45, 2.75) is 32.6 Å². The molecule has 0 aromatic heterocycles. The van der Waals surface area contributed by atoms with Gasteiger partial charge in [-0.1, -0.05) is 91.4 Å². The lowest BCUT2D eigenvalue weighted by atomic mass is 9.61. The van der Waals surface area contributed by atoms with Crippen LogP contribution in [-0.4, -0.2) is 0 Å². The number of rotatable bonds is 1. The quantitative estimate of drug-likeness (QED) is 0.324. The molecular formula is C29H24. The van der Waals surface area contributed by atoms with Gasteiger partial charge in [0.1, 0.15) is 0 Å². The second kappa shape index (κ2) is 5.70. The Hall–Kier alpha value is -3.12. The second-order valence-corrected chi connectivity index (χ2v) is 8.45. The molecule has 0 saturated heterocycles. The van der Waals surface area contributed by atoms with Gasteiger partial charge in [0.25, 0.3) is 0 Å². The maximum absolute atomic E-state index is 2.37. The minimum absolute atomic E-state index is 0.199. The highest BCUT2D eigenvalue weighted by Gasteiger charge is 2.49. The van der Waals surface area contributed by atoms with Crippen molar-refractivity contribution in [1.82, 2.24) is 0 Å². The minimum atomic E-state index is -0.199. The van der Waals surface area contributed by atoms with E-state index in [0.29, 0.717) is 0 Å². The summed E-state index contributed by atoms with van der Waals surface area (Å²) in [6, 6.07) is 29.6. The first-order valence-corrected chi connectivity index (χ1v) is 10.6. The van der Waals surface area contributed by atoms with E-state index in [1.165, 1.54) is 60.9 Å². The first-order chi connectivity index (χ1) is 14.2. The number of hydrogen-bond donors (Lipinski definition) is 0. The third-order valence-corrected chi connectivity index (χ3v) is 7.37. The summed E-state index contributed by atoms with van der Waals surface area (Å²) in [6.45, 7) is 6.96. The highest BCUT2D eigenvalue weighted by atomic mass is 14.5. The van der Waals surface area contributed by atoms with Crippen LogP contribution >= 0.6 is 0 Å². The SMILES string of the molecule is CCc1cccc2c1C(C)=C(C)C21c2ccccc2-c2cccc3cccc1c23. The lowest BCUT2D eigenvalue weighted by Crippen LogP contribution is -2.32. The van der Waals surface area contributed by atoms with Crippen LogP contribution in [0.5, 0.6) is 0 Å². The van der Waals surface area contributed by atoms with Gasteiger partial charge < -0.3 is 0 Å². The monoisotopic (exact) mass is 372 g/mol. The Morgan fingerprint density at radius 2 is 1.31 bits per heavy atom. The van der Waals surface area contributed by atoms with Crippen LogP contribution in [0, 0.1) is 0 Å². The van der Waals surface area contributed by atoms with Gasteiger partial charge in [-0.25, -0.2) is 0 Å². The maximum Gasteiger partial charge on any atom is 0.0682 e. The topological polar surface area (TPSA) is 0 Å². The Morgan fingerprint density at radius 3 is 2.14 bits per heavy atom. The average Bonchev–Trinajstić information content (AvgIpc) is 3.00. The molecule has 0 radical (unpaired) electrons. The molecule has 0 heterocycles. The molecule has 29 heavy (non-hydrogen) atoms. The molecular weight excluding hydrogens is 348 g/mol. The van der Waals surface area contributed by atoms with Crippen LogP contribution in [0.2, 0.25) is 0 Å². The van der Waals surface area contributed by atoms with Gasteiger partial charge in [0.05, 0.1) is 5.41 Å². The van der Waals surface area contributed by atoms with Gasteiger partial charge in [-0.2, -0.15) is 0 Å². The van der Waals surface area contributed by atoms with Crippen molar-refractivity contribution >= 4 is 16.3 Å². The summed E-state index contributed by atoms with van der Waals surface area (Å²) in [5, 5.41) is 2.75. The van der Waals surface area contributed by atoms with Crippen molar-refractivity contribution in [2.24, 2.45) is 0 Å². The summed E-state index contributed by atoms with van der Waals surface area (Å²) >= 11 is 0. The predicted octanol–water partition coefficient (Wildman–Crippen LogP) is 7.52. The van der Waals surface area contributed by atoms with Crippen LogP contribution in [0.1, 0.15) is 48.6 Å². The van der Waals surface area contributed by atoms with Crippen LogP contribution in [0.15, 0.2) is 84.4 Å². The summed E-state index contributed by atoms with van der Waals surface area (Å²) in [5.41, 5.74) is 12.7. The van der Waals surface area contributed by atoms with Crippen molar-refractivity contribution in [3.8, 4) is 11.1 Å². The van der Waals surface area contributed by atoms with Gasteiger partial charge in [0, 0.05) is 0 Å². The summed E-state index contributed by atoms with van der Waals surface area (Å²) in [4.78, 5) is 0. The van der Waals surface area contributed by atoms with Crippen molar-refractivity contribution in [2.75, 3.05) is 0 Å². The fourth-order valence-electron chi connectivity index (χ4n) is 6.08. The molecule has 4 aromatic rings. The number of hydrogen-bond acceptors (Lipinski definition) is 0. The van der Waals surface area contributed by atoms with Gasteiger partial charge in [-0.15, -0.1) is 0 Å². The normalized spacial score (nSPS) is 19.0. The molecule has 140 valence electrons. The molecule has 6 rings (SSSR count). The predicted molar refractivity (Wildman–Crippen MR) is 123 cm³/mol. The largest absolute Gasteiger partial charge is 0.0682 e. The minimum Gasteiger partial charge on any atom is -0.0619 e. The van der Waals surface area contributed by atoms with Gasteiger partial charge in [-0.05, 0) is 75.6 Å². The fourth-order valence-corrected chi connectivity index (χ4v) is 6.08. The van der Waals surface area contributed by atoms with Crippen LogP contribution < -0.4 is 0 Å². The highest BCUT2D eigenvalue weighted by molar-refractivity contribution is 6.06. The molecule has 0 heteroatoms. The third kappa shape index (κ3) is 1.85. The average molecular weight is 373 g/mol. The second-order valence-electron chi connectivity index (χ2n) is 8.45. The molecule has 1 spiro atoms. The fraction of sp³-hybridized carbons (Fsp3) is 0.172. The van der Waals surface area contributed by atoms with E-state index in [1.807, 2.05) is 0 Å². The van der Waals surface area contributed by atoms with Crippen LogP contribution in [0.4, 0.5) is 0 Å². The van der Waals surface area contributed by atoms with Gasteiger partial charge in [0.15, 0.2) is 0 Å². The standard InChI is InChI=1S/C29H24/c1-4-20-10-8-16-25-27(20)18(2)19(3)29(25)24-15-6-5-13-22(24)23-14-7-11-21-12-9-17-26(29)28(21)23/h5-17H,4H2,1-3H3. The summed E-state index contributed by atoms with van der Waals surface area (Å²) < 4.78 is 0. The Balaban J connectivity index is 1.90. The lowest BCUT2D eigenvalue weighted by Gasteiger charge is -2.40. The lowest BCUT2D eigenvalue weighted by molar-refractivity contribution is 0.746. The molecule has 0 aliphatic heterocycles. The van der Waals surface area contributed by atoms with E-state index in [4.69, 9.17) is 0 Å². The maximum atomic E-state index is 2.37. The molecule has 0 fully saturated rings. The number of allylic oxidation sites excluding steroid dienone is 2. The van der Waals surface area contributed by atoms with Crippen molar-refractivity contribution in [3.63, 3.8) is 0 Å². The Morgan fingerprint density at radius 1 is 0.655 bits per heavy atom. The molecule has 1 unspecified atom stereocenters. The molecule has 0 amide bonds. The Labute approximate surface area is 172 Å². The zero-order chi connectivity index (χ0) is 19.8. The number of benzene rings is 4. The molecule has 0 nitrogen and oxygen atoms in total. The first kappa shape index (κ1) is 16.8. The van der Waals surface area contributed by atoms with Crippen molar-refractivity contribution in [1.29, 1.82) is 0 Å². The van der Waals surface area contributed by atoms with Crippen LogP contribution in [0.25, 0.3) is 27.5 Å². The first-order valence-electron chi connectivity index (χ1n) is 10.6. The number of aryl methyl sites for hydroxylation is 1. The van der Waals surface area contributed by atoms with E-state index in [0.717, 1.165) is 6.42 Å². The zero-order valence-corrected chi connectivity index (χ0v) is 17.2. The summed E-state index contributed by atoms with van der Waals surface area (Å²) in [6.07, 6.45) is 1.06. The molecule has 0 N–H and O–H groups in total. The smallest absolute Gasteiger partial charge is 0.0619 e. The van der Waals surface area contributed by atoms with Gasteiger partial charge >= 0.3 is 0 Å². The molecule has 2 aliphatic rings. The molecule has 1 atom stereocenters. The molecule has 0 bridgehead atoms. The zero-order valence-electron chi connectivity index (χ0n) is 17.2. The highest BCUT2D eigenvalue weighted by Crippen LogP contribution is 2.60. The Kier molecular flexibility index (Phi) is 3.30. The van der Waals surface area contributed by atoms with Crippen LogP contribution in [-0.2, 0) is 11.8 Å². The van der Waals surface area contributed by atoms with E-state index in [1.54, 1.807) is 0 Å². The van der Waals surface area contributed by atoms with E-state index in [-0.39, 0.29) is 5.41 Å². The third-order valence-electron chi connectivity index (χ3n) is 7.37.